The second-order valence-corrected chi connectivity index (χ2v) is 11.8. The minimum Gasteiger partial charge on any atom is -0.493 e. The van der Waals surface area contributed by atoms with Gasteiger partial charge in [0.1, 0.15) is 5.75 Å². The molecule has 1 unspecified atom stereocenters. The van der Waals surface area contributed by atoms with E-state index in [0.717, 1.165) is 11.3 Å². The Bertz CT molecular complexity index is 819. The van der Waals surface area contributed by atoms with Crippen molar-refractivity contribution < 1.29 is 14.0 Å². The van der Waals surface area contributed by atoms with Crippen LogP contribution in [0.4, 0.5) is 5.69 Å². The van der Waals surface area contributed by atoms with Crippen LogP contribution in [0.3, 0.4) is 0 Å². The highest BCUT2D eigenvalue weighted by Crippen LogP contribution is 2.48. The normalized spacial score (nSPS) is 19.5. The molecule has 0 saturated carbocycles. The van der Waals surface area contributed by atoms with E-state index in [1.165, 1.54) is 0 Å². The SMILES string of the molecule is CCOc1ccccc1C1(O[Si](C)(C)C)C(=O)Nc2ccc(Cl)cc21. The van der Waals surface area contributed by atoms with Gasteiger partial charge < -0.3 is 14.5 Å². The molecule has 1 amide bonds. The minimum atomic E-state index is -2.11. The van der Waals surface area contributed by atoms with Crippen LogP contribution < -0.4 is 10.1 Å². The van der Waals surface area contributed by atoms with E-state index >= 15 is 0 Å². The molecular formula is C19H22ClNO3Si. The highest BCUT2D eigenvalue weighted by atomic mass is 35.5. The zero-order valence-corrected chi connectivity index (χ0v) is 16.6. The first kappa shape index (κ1) is 18.0. The summed E-state index contributed by atoms with van der Waals surface area (Å²) in [5, 5.41) is 3.51. The van der Waals surface area contributed by atoms with Crippen LogP contribution in [0.2, 0.25) is 24.7 Å². The van der Waals surface area contributed by atoms with Crippen LogP contribution in [-0.2, 0) is 14.8 Å². The van der Waals surface area contributed by atoms with Crippen LogP contribution >= 0.6 is 11.6 Å². The molecule has 1 atom stereocenters. The van der Waals surface area contributed by atoms with E-state index < -0.39 is 13.9 Å². The summed E-state index contributed by atoms with van der Waals surface area (Å²) < 4.78 is 12.3. The lowest BCUT2D eigenvalue weighted by Crippen LogP contribution is -2.46. The highest BCUT2D eigenvalue weighted by molar-refractivity contribution is 6.70. The average Bonchev–Trinajstić information content (AvgIpc) is 2.79. The van der Waals surface area contributed by atoms with Gasteiger partial charge in [-0.15, -0.1) is 0 Å². The maximum atomic E-state index is 13.2. The van der Waals surface area contributed by atoms with E-state index in [2.05, 4.69) is 25.0 Å². The number of para-hydroxylation sites is 1. The third-order valence-corrected chi connectivity index (χ3v) is 5.11. The molecule has 1 heterocycles. The number of hydrogen-bond acceptors (Lipinski definition) is 3. The molecule has 1 aliphatic heterocycles. The van der Waals surface area contributed by atoms with Gasteiger partial charge in [0.2, 0.25) is 0 Å². The van der Waals surface area contributed by atoms with Crippen LogP contribution in [0, 0.1) is 0 Å². The number of ether oxygens (including phenoxy) is 1. The molecule has 1 aliphatic rings. The van der Waals surface area contributed by atoms with Gasteiger partial charge in [-0.25, -0.2) is 0 Å². The summed E-state index contributed by atoms with van der Waals surface area (Å²) in [6, 6.07) is 12.9. The number of anilines is 1. The number of halogens is 1. The zero-order valence-electron chi connectivity index (χ0n) is 14.9. The van der Waals surface area contributed by atoms with Gasteiger partial charge in [0.25, 0.3) is 5.91 Å². The summed E-state index contributed by atoms with van der Waals surface area (Å²) in [5.41, 5.74) is 0.910. The maximum absolute atomic E-state index is 13.2. The summed E-state index contributed by atoms with van der Waals surface area (Å²) >= 11 is 6.24. The van der Waals surface area contributed by atoms with Crippen molar-refractivity contribution in [1.82, 2.24) is 0 Å². The molecule has 0 bridgehead atoms. The van der Waals surface area contributed by atoms with Gasteiger partial charge in [0.05, 0.1) is 6.61 Å². The Morgan fingerprint density at radius 2 is 1.84 bits per heavy atom. The third-order valence-electron chi connectivity index (χ3n) is 3.95. The van der Waals surface area contributed by atoms with Crippen molar-refractivity contribution in [3.05, 3.63) is 58.6 Å². The van der Waals surface area contributed by atoms with E-state index in [9.17, 15) is 4.79 Å². The first-order valence-electron chi connectivity index (χ1n) is 8.32. The lowest BCUT2D eigenvalue weighted by Gasteiger charge is -2.35. The Balaban J connectivity index is 2.31. The Morgan fingerprint density at radius 1 is 1.12 bits per heavy atom. The molecule has 0 aromatic heterocycles. The Morgan fingerprint density at radius 3 is 2.52 bits per heavy atom. The molecule has 0 spiro atoms. The monoisotopic (exact) mass is 375 g/mol. The van der Waals surface area contributed by atoms with Gasteiger partial charge in [-0.2, -0.15) is 0 Å². The zero-order chi connectivity index (χ0) is 18.2. The molecule has 0 fully saturated rings. The minimum absolute atomic E-state index is 0.209. The number of hydrogen-bond donors (Lipinski definition) is 1. The average molecular weight is 376 g/mol. The fourth-order valence-electron chi connectivity index (χ4n) is 3.17. The maximum Gasteiger partial charge on any atom is 0.265 e. The molecular weight excluding hydrogens is 354 g/mol. The predicted molar refractivity (Wildman–Crippen MR) is 103 cm³/mol. The molecule has 2 aromatic carbocycles. The molecule has 6 heteroatoms. The summed E-state index contributed by atoms with van der Waals surface area (Å²) in [6.07, 6.45) is 0. The first-order chi connectivity index (χ1) is 11.8. The van der Waals surface area contributed by atoms with Crippen molar-refractivity contribution in [3.63, 3.8) is 0 Å². The van der Waals surface area contributed by atoms with Gasteiger partial charge in [0.15, 0.2) is 13.9 Å². The number of amides is 1. The van der Waals surface area contributed by atoms with Gasteiger partial charge in [-0.05, 0) is 50.8 Å². The molecule has 132 valence electrons. The van der Waals surface area contributed by atoms with Crippen LogP contribution in [0.25, 0.3) is 0 Å². The lowest BCUT2D eigenvalue weighted by molar-refractivity contribution is -0.128. The van der Waals surface area contributed by atoms with Crippen molar-refractivity contribution >= 4 is 31.5 Å². The summed E-state index contributed by atoms with van der Waals surface area (Å²) in [7, 11) is -2.11. The Hall–Kier alpha value is -1.82. The molecule has 0 saturated heterocycles. The van der Waals surface area contributed by atoms with E-state index in [4.69, 9.17) is 20.8 Å². The Kier molecular flexibility index (Phi) is 4.66. The highest BCUT2D eigenvalue weighted by Gasteiger charge is 2.53. The van der Waals surface area contributed by atoms with Crippen molar-refractivity contribution in [2.75, 3.05) is 11.9 Å². The fourth-order valence-corrected chi connectivity index (χ4v) is 4.57. The molecule has 1 N–H and O–H groups in total. The third kappa shape index (κ3) is 3.19. The summed E-state index contributed by atoms with van der Waals surface area (Å²) in [4.78, 5) is 13.2. The summed E-state index contributed by atoms with van der Waals surface area (Å²) in [6.45, 7) is 8.61. The number of rotatable bonds is 5. The molecule has 2 aromatic rings. The largest absolute Gasteiger partial charge is 0.493 e. The molecule has 0 aliphatic carbocycles. The fraction of sp³-hybridized carbons (Fsp3) is 0.316. The molecule has 25 heavy (non-hydrogen) atoms. The second kappa shape index (κ2) is 6.48. The van der Waals surface area contributed by atoms with Gasteiger partial charge in [-0.3, -0.25) is 4.79 Å². The number of carbonyl (C=O) groups is 1. The Labute approximate surface area is 154 Å². The van der Waals surface area contributed by atoms with Crippen molar-refractivity contribution in [2.24, 2.45) is 0 Å². The van der Waals surface area contributed by atoms with Crippen LogP contribution in [0.5, 0.6) is 5.75 Å². The molecule has 4 nitrogen and oxygen atoms in total. The number of benzene rings is 2. The summed E-state index contributed by atoms with van der Waals surface area (Å²) in [5.74, 6) is 0.436. The lowest BCUT2D eigenvalue weighted by atomic mass is 9.87. The van der Waals surface area contributed by atoms with Crippen LogP contribution in [-0.4, -0.2) is 20.8 Å². The second-order valence-electron chi connectivity index (χ2n) is 6.97. The van der Waals surface area contributed by atoms with Crippen molar-refractivity contribution in [2.45, 2.75) is 32.2 Å². The molecule has 0 radical (unpaired) electrons. The standard InChI is InChI=1S/C19H22ClNO3Si/c1-5-23-17-9-7-6-8-14(17)19(24-25(2,3)4)15-12-13(20)10-11-16(15)21-18(19)22/h6-12H,5H2,1-4H3,(H,21,22). The number of fused-ring (bicyclic) bond motifs is 1. The first-order valence-corrected chi connectivity index (χ1v) is 12.1. The van der Waals surface area contributed by atoms with Gasteiger partial charge in [0, 0.05) is 21.8 Å². The van der Waals surface area contributed by atoms with Crippen LogP contribution in [0.15, 0.2) is 42.5 Å². The predicted octanol–water partition coefficient (Wildman–Crippen LogP) is 4.79. The van der Waals surface area contributed by atoms with Crippen LogP contribution in [0.1, 0.15) is 18.1 Å². The number of carbonyl (C=O) groups excluding carboxylic acids is 1. The number of nitrogens with one attached hydrogen (secondary N) is 1. The van der Waals surface area contributed by atoms with E-state index in [-0.39, 0.29) is 5.91 Å². The van der Waals surface area contributed by atoms with E-state index in [1.54, 1.807) is 12.1 Å². The van der Waals surface area contributed by atoms with Crippen molar-refractivity contribution in [1.29, 1.82) is 0 Å². The molecule has 3 rings (SSSR count). The van der Waals surface area contributed by atoms with E-state index in [1.807, 2.05) is 37.3 Å². The van der Waals surface area contributed by atoms with Crippen molar-refractivity contribution in [3.8, 4) is 5.75 Å². The quantitative estimate of drug-likeness (QED) is 0.764. The van der Waals surface area contributed by atoms with Gasteiger partial charge in [-0.1, -0.05) is 29.8 Å². The van der Waals surface area contributed by atoms with Gasteiger partial charge >= 0.3 is 0 Å². The topological polar surface area (TPSA) is 47.6 Å². The smallest absolute Gasteiger partial charge is 0.265 e. The van der Waals surface area contributed by atoms with E-state index in [0.29, 0.717) is 22.9 Å².